The Morgan fingerprint density at radius 2 is 1.50 bits per heavy atom. The van der Waals surface area contributed by atoms with Crippen LogP contribution in [0.25, 0.3) is 0 Å². The fourth-order valence-electron chi connectivity index (χ4n) is 2.18. The highest BCUT2D eigenvalue weighted by Crippen LogP contribution is 2.25. The summed E-state index contributed by atoms with van der Waals surface area (Å²) in [5.41, 5.74) is 2.17. The predicted octanol–water partition coefficient (Wildman–Crippen LogP) is 4.14. The van der Waals surface area contributed by atoms with E-state index in [0.29, 0.717) is 16.9 Å². The van der Waals surface area contributed by atoms with Crippen LogP contribution in [-0.4, -0.2) is 11.8 Å². The van der Waals surface area contributed by atoms with Gasteiger partial charge in [0.1, 0.15) is 5.75 Å². The first-order valence-corrected chi connectivity index (χ1v) is 7.22. The Hall–Kier alpha value is -2.42. The van der Waals surface area contributed by atoms with Gasteiger partial charge in [-0.15, -0.1) is 0 Å². The zero-order valence-electron chi connectivity index (χ0n) is 13.3. The van der Waals surface area contributed by atoms with E-state index in [9.17, 15) is 9.59 Å². The van der Waals surface area contributed by atoms with E-state index < -0.39 is 5.97 Å². The molecule has 0 aliphatic carbocycles. The molecule has 2 aromatic rings. The average Bonchev–Trinajstić information content (AvgIpc) is 2.46. The van der Waals surface area contributed by atoms with Gasteiger partial charge >= 0.3 is 5.97 Å². The van der Waals surface area contributed by atoms with Crippen LogP contribution in [0.3, 0.4) is 0 Å². The number of hydrogen-bond donors (Lipinski definition) is 0. The van der Waals surface area contributed by atoms with Crippen LogP contribution >= 0.6 is 0 Å². The summed E-state index contributed by atoms with van der Waals surface area (Å²) < 4.78 is 5.11. The minimum absolute atomic E-state index is 0.0389. The molecule has 0 spiro atoms. The molecule has 0 aliphatic rings. The molecule has 0 unspecified atom stereocenters. The van der Waals surface area contributed by atoms with Gasteiger partial charge in [-0.2, -0.15) is 0 Å². The SMILES string of the molecule is CC(=O)Oc1ccccc1C(=O)c1ccc(C(C)(C)C)cc1. The Labute approximate surface area is 130 Å². The number of rotatable bonds is 3. The van der Waals surface area contributed by atoms with Crippen LogP contribution in [-0.2, 0) is 10.2 Å². The van der Waals surface area contributed by atoms with Crippen LogP contribution in [0.15, 0.2) is 48.5 Å². The van der Waals surface area contributed by atoms with Crippen LogP contribution in [0.1, 0.15) is 49.2 Å². The summed E-state index contributed by atoms with van der Waals surface area (Å²) in [7, 11) is 0. The number of benzene rings is 2. The Morgan fingerprint density at radius 1 is 0.909 bits per heavy atom. The van der Waals surface area contributed by atoms with E-state index in [2.05, 4.69) is 20.8 Å². The number of ether oxygens (including phenoxy) is 1. The third-order valence-corrected chi connectivity index (χ3v) is 3.40. The molecule has 2 aromatic carbocycles. The molecular weight excluding hydrogens is 276 g/mol. The van der Waals surface area contributed by atoms with Crippen molar-refractivity contribution in [3.63, 3.8) is 0 Å². The Kier molecular flexibility index (Phi) is 4.45. The van der Waals surface area contributed by atoms with E-state index in [1.807, 2.05) is 24.3 Å². The van der Waals surface area contributed by atoms with Crippen LogP contribution in [0.5, 0.6) is 5.75 Å². The van der Waals surface area contributed by atoms with Crippen LogP contribution in [0.4, 0.5) is 0 Å². The monoisotopic (exact) mass is 296 g/mol. The highest BCUT2D eigenvalue weighted by Gasteiger charge is 2.17. The minimum Gasteiger partial charge on any atom is -0.426 e. The lowest BCUT2D eigenvalue weighted by molar-refractivity contribution is -0.131. The van der Waals surface area contributed by atoms with E-state index in [1.54, 1.807) is 24.3 Å². The van der Waals surface area contributed by atoms with Gasteiger partial charge in [0.05, 0.1) is 5.56 Å². The lowest BCUT2D eigenvalue weighted by Crippen LogP contribution is -2.12. The average molecular weight is 296 g/mol. The van der Waals surface area contributed by atoms with E-state index in [4.69, 9.17) is 4.74 Å². The Balaban J connectivity index is 2.34. The van der Waals surface area contributed by atoms with Gasteiger partial charge in [0.15, 0.2) is 5.78 Å². The molecule has 0 saturated heterocycles. The second kappa shape index (κ2) is 6.14. The molecule has 3 nitrogen and oxygen atoms in total. The van der Waals surface area contributed by atoms with Crippen molar-refractivity contribution in [1.82, 2.24) is 0 Å². The molecule has 0 amide bonds. The first-order valence-electron chi connectivity index (χ1n) is 7.22. The van der Waals surface area contributed by atoms with Crippen molar-refractivity contribution in [3.8, 4) is 5.75 Å². The van der Waals surface area contributed by atoms with Crippen molar-refractivity contribution in [1.29, 1.82) is 0 Å². The number of hydrogen-bond acceptors (Lipinski definition) is 3. The molecule has 0 aromatic heterocycles. The number of carbonyl (C=O) groups excluding carboxylic acids is 2. The highest BCUT2D eigenvalue weighted by molar-refractivity contribution is 6.11. The fourth-order valence-corrected chi connectivity index (χ4v) is 2.18. The molecule has 2 rings (SSSR count). The number of ketones is 1. The van der Waals surface area contributed by atoms with Gasteiger partial charge in [-0.1, -0.05) is 57.2 Å². The zero-order chi connectivity index (χ0) is 16.3. The summed E-state index contributed by atoms with van der Waals surface area (Å²) in [6, 6.07) is 14.3. The first kappa shape index (κ1) is 16.0. The van der Waals surface area contributed by atoms with Gasteiger partial charge in [0, 0.05) is 12.5 Å². The third kappa shape index (κ3) is 3.61. The largest absolute Gasteiger partial charge is 0.426 e. The maximum Gasteiger partial charge on any atom is 0.308 e. The maximum atomic E-state index is 12.6. The van der Waals surface area contributed by atoms with Crippen molar-refractivity contribution in [2.45, 2.75) is 33.1 Å². The molecule has 0 N–H and O–H groups in total. The zero-order valence-corrected chi connectivity index (χ0v) is 13.3. The van der Waals surface area contributed by atoms with Gasteiger partial charge in [0.2, 0.25) is 0 Å². The van der Waals surface area contributed by atoms with Crippen molar-refractivity contribution >= 4 is 11.8 Å². The predicted molar refractivity (Wildman–Crippen MR) is 86.3 cm³/mol. The standard InChI is InChI=1S/C19H20O3/c1-13(20)22-17-8-6-5-7-16(17)18(21)14-9-11-15(12-10-14)19(2,3)4/h5-12H,1-4H3. The van der Waals surface area contributed by atoms with Gasteiger partial charge in [-0.05, 0) is 23.1 Å². The molecular formula is C19H20O3. The molecule has 0 saturated carbocycles. The van der Waals surface area contributed by atoms with Crippen molar-refractivity contribution in [3.05, 3.63) is 65.2 Å². The molecule has 0 fully saturated rings. The topological polar surface area (TPSA) is 43.4 Å². The Bertz CT molecular complexity index is 691. The molecule has 3 heteroatoms. The van der Waals surface area contributed by atoms with Crippen LogP contribution < -0.4 is 4.74 Å². The number of esters is 1. The number of para-hydroxylation sites is 1. The molecule has 0 bridgehead atoms. The normalized spacial score (nSPS) is 11.1. The molecule has 0 heterocycles. The minimum atomic E-state index is -0.441. The van der Waals surface area contributed by atoms with Crippen molar-refractivity contribution < 1.29 is 14.3 Å². The molecule has 22 heavy (non-hydrogen) atoms. The lowest BCUT2D eigenvalue weighted by Gasteiger charge is -2.19. The summed E-state index contributed by atoms with van der Waals surface area (Å²) in [6.45, 7) is 7.69. The van der Waals surface area contributed by atoms with Gasteiger partial charge in [0.25, 0.3) is 0 Å². The molecule has 0 aliphatic heterocycles. The summed E-state index contributed by atoms with van der Waals surface area (Å²) in [5, 5.41) is 0. The Morgan fingerprint density at radius 3 is 2.05 bits per heavy atom. The van der Waals surface area contributed by atoms with Crippen LogP contribution in [0, 0.1) is 0 Å². The first-order chi connectivity index (χ1) is 10.3. The fraction of sp³-hybridized carbons (Fsp3) is 0.263. The quantitative estimate of drug-likeness (QED) is 0.485. The number of carbonyl (C=O) groups is 2. The van der Waals surface area contributed by atoms with E-state index in [1.165, 1.54) is 6.92 Å². The van der Waals surface area contributed by atoms with E-state index in [-0.39, 0.29) is 11.2 Å². The maximum absolute atomic E-state index is 12.6. The van der Waals surface area contributed by atoms with Gasteiger partial charge in [-0.25, -0.2) is 0 Å². The summed E-state index contributed by atoms with van der Waals surface area (Å²) >= 11 is 0. The molecule has 114 valence electrons. The second-order valence-corrected chi connectivity index (χ2v) is 6.25. The lowest BCUT2D eigenvalue weighted by atomic mass is 9.86. The summed E-state index contributed by atoms with van der Waals surface area (Å²) in [4.78, 5) is 23.8. The second-order valence-electron chi connectivity index (χ2n) is 6.25. The van der Waals surface area contributed by atoms with Crippen molar-refractivity contribution in [2.24, 2.45) is 0 Å². The molecule has 0 radical (unpaired) electrons. The van der Waals surface area contributed by atoms with E-state index >= 15 is 0 Å². The van der Waals surface area contributed by atoms with Crippen LogP contribution in [0.2, 0.25) is 0 Å². The summed E-state index contributed by atoms with van der Waals surface area (Å²) in [5.74, 6) is -0.305. The molecule has 0 atom stereocenters. The summed E-state index contributed by atoms with van der Waals surface area (Å²) in [6.07, 6.45) is 0. The van der Waals surface area contributed by atoms with Crippen molar-refractivity contribution in [2.75, 3.05) is 0 Å². The van der Waals surface area contributed by atoms with E-state index in [0.717, 1.165) is 5.56 Å². The third-order valence-electron chi connectivity index (χ3n) is 3.40. The van der Waals surface area contributed by atoms with Gasteiger partial charge < -0.3 is 4.74 Å². The van der Waals surface area contributed by atoms with Gasteiger partial charge in [-0.3, -0.25) is 9.59 Å². The highest BCUT2D eigenvalue weighted by atomic mass is 16.5. The smallest absolute Gasteiger partial charge is 0.308 e.